The van der Waals surface area contributed by atoms with Crippen molar-refractivity contribution in [3.63, 3.8) is 0 Å². The van der Waals surface area contributed by atoms with Gasteiger partial charge in [0.05, 0.1) is 32.0 Å². The first-order valence-electron chi connectivity index (χ1n) is 10.9. The maximum Gasteiger partial charge on any atom is 0.212 e. The fourth-order valence-electron chi connectivity index (χ4n) is 3.90. The van der Waals surface area contributed by atoms with Crippen LogP contribution in [0.1, 0.15) is 46.8 Å². The van der Waals surface area contributed by atoms with Gasteiger partial charge in [0.1, 0.15) is 0 Å². The van der Waals surface area contributed by atoms with Crippen molar-refractivity contribution in [3.05, 3.63) is 93.6 Å². The van der Waals surface area contributed by atoms with Crippen LogP contribution in [0.15, 0.2) is 60.8 Å². The summed E-state index contributed by atoms with van der Waals surface area (Å²) in [7, 11) is 1.58. The standard InChI is InChI=1S/C27H26ClNO4/c1-32-27-11-8-20(16-29-27)7-4-18-2-5-19(6-3-18)12-22-13-21(9-10-25(22)28)26-15-23(31)14-24(17-30)33-26/h2-3,5-6,8-11,13,16,23-24,26,30-31H,12,14-15,17H2,1H3. The molecule has 0 saturated carbocycles. The Kier molecular flexibility index (Phi) is 7.64. The molecule has 170 valence electrons. The molecule has 3 aromatic rings. The van der Waals surface area contributed by atoms with Crippen LogP contribution in [-0.2, 0) is 11.2 Å². The van der Waals surface area contributed by atoms with Gasteiger partial charge >= 0.3 is 0 Å². The Labute approximate surface area is 199 Å². The van der Waals surface area contributed by atoms with Gasteiger partial charge in [-0.15, -0.1) is 0 Å². The van der Waals surface area contributed by atoms with Gasteiger partial charge in [-0.25, -0.2) is 4.98 Å². The second-order valence-corrected chi connectivity index (χ2v) is 8.53. The van der Waals surface area contributed by atoms with E-state index < -0.39 is 6.10 Å². The molecule has 4 rings (SSSR count). The molecule has 1 fully saturated rings. The van der Waals surface area contributed by atoms with Gasteiger partial charge in [0.15, 0.2) is 0 Å². The molecule has 2 aromatic carbocycles. The van der Waals surface area contributed by atoms with Gasteiger partial charge in [0, 0.05) is 41.3 Å². The van der Waals surface area contributed by atoms with Crippen LogP contribution in [0.3, 0.4) is 0 Å². The van der Waals surface area contributed by atoms with E-state index in [1.807, 2.05) is 48.5 Å². The summed E-state index contributed by atoms with van der Waals surface area (Å²) in [4.78, 5) is 4.16. The highest BCUT2D eigenvalue weighted by molar-refractivity contribution is 6.31. The predicted molar refractivity (Wildman–Crippen MR) is 127 cm³/mol. The number of aliphatic hydroxyl groups excluding tert-OH is 2. The maximum atomic E-state index is 10.1. The lowest BCUT2D eigenvalue weighted by Gasteiger charge is -2.32. The number of aliphatic hydroxyl groups is 2. The Morgan fingerprint density at radius 3 is 2.52 bits per heavy atom. The van der Waals surface area contributed by atoms with Crippen molar-refractivity contribution < 1.29 is 19.7 Å². The van der Waals surface area contributed by atoms with Crippen molar-refractivity contribution in [2.75, 3.05) is 13.7 Å². The molecular weight excluding hydrogens is 438 g/mol. The molecule has 0 aliphatic carbocycles. The molecule has 3 unspecified atom stereocenters. The van der Waals surface area contributed by atoms with Crippen molar-refractivity contribution in [1.82, 2.24) is 4.98 Å². The number of hydrogen-bond acceptors (Lipinski definition) is 5. The fourth-order valence-corrected chi connectivity index (χ4v) is 4.08. The summed E-state index contributed by atoms with van der Waals surface area (Å²) in [6, 6.07) is 17.6. The summed E-state index contributed by atoms with van der Waals surface area (Å²) in [6.07, 6.45) is 2.23. The summed E-state index contributed by atoms with van der Waals surface area (Å²) >= 11 is 6.47. The van der Waals surface area contributed by atoms with Crippen LogP contribution in [0, 0.1) is 11.8 Å². The van der Waals surface area contributed by atoms with Crippen LogP contribution in [0.5, 0.6) is 5.88 Å². The minimum atomic E-state index is -0.484. The molecule has 1 saturated heterocycles. The van der Waals surface area contributed by atoms with Crippen LogP contribution >= 0.6 is 11.6 Å². The number of aromatic nitrogens is 1. The van der Waals surface area contributed by atoms with Crippen molar-refractivity contribution >= 4 is 11.6 Å². The summed E-state index contributed by atoms with van der Waals surface area (Å²) < 4.78 is 11.0. The number of benzene rings is 2. The topological polar surface area (TPSA) is 71.8 Å². The Bertz CT molecular complexity index is 1140. The zero-order valence-electron chi connectivity index (χ0n) is 18.4. The van der Waals surface area contributed by atoms with E-state index in [1.54, 1.807) is 19.4 Å². The monoisotopic (exact) mass is 463 g/mol. The zero-order chi connectivity index (χ0) is 23.2. The highest BCUT2D eigenvalue weighted by Gasteiger charge is 2.29. The number of nitrogens with zero attached hydrogens (tertiary/aromatic N) is 1. The Morgan fingerprint density at radius 2 is 1.82 bits per heavy atom. The molecule has 3 atom stereocenters. The Balaban J connectivity index is 1.45. The number of rotatable bonds is 5. The van der Waals surface area contributed by atoms with Gasteiger partial charge in [-0.1, -0.05) is 47.7 Å². The van der Waals surface area contributed by atoms with Crippen molar-refractivity contribution in [2.45, 2.75) is 37.6 Å². The van der Waals surface area contributed by atoms with Crippen molar-refractivity contribution in [1.29, 1.82) is 0 Å². The second kappa shape index (κ2) is 10.8. The van der Waals surface area contributed by atoms with E-state index in [2.05, 4.69) is 16.8 Å². The highest BCUT2D eigenvalue weighted by atomic mass is 35.5. The van der Waals surface area contributed by atoms with Crippen molar-refractivity contribution in [2.24, 2.45) is 0 Å². The first kappa shape index (κ1) is 23.3. The number of pyridine rings is 1. The third-order valence-electron chi connectivity index (χ3n) is 5.67. The first-order chi connectivity index (χ1) is 16.0. The molecule has 1 aliphatic heterocycles. The van der Waals surface area contributed by atoms with E-state index >= 15 is 0 Å². The number of hydrogen-bond donors (Lipinski definition) is 2. The van der Waals surface area contributed by atoms with E-state index in [0.717, 1.165) is 27.8 Å². The minimum Gasteiger partial charge on any atom is -0.481 e. The summed E-state index contributed by atoms with van der Waals surface area (Å²) in [6.45, 7) is -0.0990. The normalized spacial score (nSPS) is 20.1. The summed E-state index contributed by atoms with van der Waals surface area (Å²) in [5.74, 6) is 6.82. The summed E-state index contributed by atoms with van der Waals surface area (Å²) in [5, 5.41) is 20.3. The Morgan fingerprint density at radius 1 is 1.06 bits per heavy atom. The van der Waals surface area contributed by atoms with Gasteiger partial charge in [-0.3, -0.25) is 0 Å². The SMILES string of the molecule is COc1ccc(C#Cc2ccc(Cc3cc(C4CC(O)CC(CO)O4)ccc3Cl)cc2)cn1. The molecule has 6 heteroatoms. The lowest BCUT2D eigenvalue weighted by Crippen LogP contribution is -2.33. The van der Waals surface area contributed by atoms with Gasteiger partial charge in [-0.05, 0) is 47.4 Å². The van der Waals surface area contributed by atoms with Gasteiger partial charge in [0.2, 0.25) is 5.88 Å². The number of halogens is 1. The third-order valence-corrected chi connectivity index (χ3v) is 6.04. The average Bonchev–Trinajstić information content (AvgIpc) is 2.85. The van der Waals surface area contributed by atoms with Crippen LogP contribution in [0.4, 0.5) is 0 Å². The molecule has 0 radical (unpaired) electrons. The number of methoxy groups -OCH3 is 1. The zero-order valence-corrected chi connectivity index (χ0v) is 19.1. The van der Waals surface area contributed by atoms with Gasteiger partial charge < -0.3 is 19.7 Å². The van der Waals surface area contributed by atoms with E-state index in [1.165, 1.54) is 0 Å². The lowest BCUT2D eigenvalue weighted by atomic mass is 9.94. The highest BCUT2D eigenvalue weighted by Crippen LogP contribution is 2.33. The first-order valence-corrected chi connectivity index (χ1v) is 11.3. The second-order valence-electron chi connectivity index (χ2n) is 8.12. The Hall–Kier alpha value is -2.88. The van der Waals surface area contributed by atoms with Gasteiger partial charge in [-0.2, -0.15) is 0 Å². The molecule has 2 N–H and O–H groups in total. The molecule has 5 nitrogen and oxygen atoms in total. The van der Waals surface area contributed by atoms with E-state index in [0.29, 0.717) is 30.2 Å². The quantitative estimate of drug-likeness (QED) is 0.552. The fraction of sp³-hybridized carbons (Fsp3) is 0.296. The summed E-state index contributed by atoms with van der Waals surface area (Å²) in [5.41, 5.74) is 4.79. The van der Waals surface area contributed by atoms with E-state index in [9.17, 15) is 10.2 Å². The van der Waals surface area contributed by atoms with Crippen LogP contribution < -0.4 is 4.74 Å². The molecule has 1 aromatic heterocycles. The predicted octanol–water partition coefficient (Wildman–Crippen LogP) is 4.31. The lowest BCUT2D eigenvalue weighted by molar-refractivity contribution is -0.113. The van der Waals surface area contributed by atoms with Gasteiger partial charge in [0.25, 0.3) is 0 Å². The average molecular weight is 464 g/mol. The largest absolute Gasteiger partial charge is 0.481 e. The molecule has 0 spiro atoms. The molecule has 1 aliphatic rings. The molecule has 2 heterocycles. The molecule has 0 amide bonds. The van der Waals surface area contributed by atoms with Crippen LogP contribution in [0.25, 0.3) is 0 Å². The smallest absolute Gasteiger partial charge is 0.212 e. The van der Waals surface area contributed by atoms with Crippen molar-refractivity contribution in [3.8, 4) is 17.7 Å². The molecular formula is C27H26ClNO4. The van der Waals surface area contributed by atoms with E-state index in [-0.39, 0.29) is 18.8 Å². The van der Waals surface area contributed by atoms with E-state index in [4.69, 9.17) is 21.1 Å². The molecule has 0 bridgehead atoms. The number of ether oxygens (including phenoxy) is 2. The molecule has 33 heavy (non-hydrogen) atoms. The van der Waals surface area contributed by atoms with Crippen LogP contribution in [-0.4, -0.2) is 41.1 Å². The minimum absolute atomic E-state index is 0.0990. The third kappa shape index (κ3) is 6.13. The van der Waals surface area contributed by atoms with Crippen LogP contribution in [0.2, 0.25) is 5.02 Å². The maximum absolute atomic E-state index is 10.1.